The molecular weight excluding hydrogens is 269 g/mol. The summed E-state index contributed by atoms with van der Waals surface area (Å²) in [6.07, 6.45) is -5.06. The number of anilines is 1. The number of halogens is 3. The van der Waals surface area contributed by atoms with E-state index >= 15 is 0 Å². The Balaban J connectivity index is 2.43. The Hall–Kier alpha value is -1.31. The molecule has 1 aromatic heterocycles. The van der Waals surface area contributed by atoms with Gasteiger partial charge in [0.2, 0.25) is 0 Å². The highest BCUT2D eigenvalue weighted by Gasteiger charge is 2.26. The molecule has 0 saturated carbocycles. The predicted octanol–water partition coefficient (Wildman–Crippen LogP) is 3.07. The summed E-state index contributed by atoms with van der Waals surface area (Å²) >= 11 is 1.16. The van der Waals surface area contributed by atoms with Crippen LogP contribution in [0, 0.1) is 0 Å². The van der Waals surface area contributed by atoms with Gasteiger partial charge in [-0.05, 0) is 13.3 Å². The molecule has 0 amide bonds. The molecule has 1 heterocycles. The van der Waals surface area contributed by atoms with Crippen LogP contribution in [0.1, 0.15) is 30.3 Å². The quantitative estimate of drug-likeness (QED) is 0.643. The molecule has 1 N–H and O–H groups in total. The van der Waals surface area contributed by atoms with Crippen molar-refractivity contribution in [2.45, 2.75) is 25.9 Å². The zero-order valence-electron chi connectivity index (χ0n) is 9.71. The Morgan fingerprint density at radius 3 is 2.89 bits per heavy atom. The van der Waals surface area contributed by atoms with E-state index in [0.717, 1.165) is 11.3 Å². The van der Waals surface area contributed by atoms with E-state index in [1.807, 2.05) is 0 Å². The molecule has 1 aromatic rings. The fourth-order valence-corrected chi connectivity index (χ4v) is 1.90. The summed E-state index contributed by atoms with van der Waals surface area (Å²) in [5, 5.41) is 3.20. The van der Waals surface area contributed by atoms with Crippen molar-refractivity contribution in [3.63, 3.8) is 0 Å². The Morgan fingerprint density at radius 1 is 1.56 bits per heavy atom. The average Bonchev–Trinajstić information content (AvgIpc) is 2.71. The molecule has 0 bridgehead atoms. The van der Waals surface area contributed by atoms with Crippen molar-refractivity contribution in [2.75, 3.05) is 18.5 Å². The number of nitrogens with zero attached hydrogens (tertiary/aromatic N) is 1. The van der Waals surface area contributed by atoms with E-state index in [4.69, 9.17) is 4.74 Å². The predicted molar refractivity (Wildman–Crippen MR) is 61.8 cm³/mol. The number of rotatable bonds is 6. The van der Waals surface area contributed by atoms with Crippen molar-refractivity contribution in [2.24, 2.45) is 0 Å². The smallest absolute Gasteiger partial charge is 0.389 e. The number of aromatic nitrogens is 1. The zero-order chi connectivity index (χ0) is 13.6. The van der Waals surface area contributed by atoms with Crippen LogP contribution < -0.4 is 5.32 Å². The van der Waals surface area contributed by atoms with Crippen LogP contribution in [-0.2, 0) is 4.74 Å². The van der Waals surface area contributed by atoms with Gasteiger partial charge in [-0.15, -0.1) is 11.3 Å². The molecule has 1 rings (SSSR count). The molecule has 0 saturated heterocycles. The highest BCUT2D eigenvalue weighted by molar-refractivity contribution is 7.14. The molecule has 0 aromatic carbocycles. The molecule has 0 unspecified atom stereocenters. The van der Waals surface area contributed by atoms with Crippen LogP contribution in [0.25, 0.3) is 0 Å². The standard InChI is InChI=1S/C10H13F3N2O2S/c1-2-17-9(16)7-8(18-6-15-7)14-5-3-4-10(11,12)13/h6,14H,2-5H2,1H3. The molecule has 0 fully saturated rings. The van der Waals surface area contributed by atoms with E-state index in [2.05, 4.69) is 10.3 Å². The Morgan fingerprint density at radius 2 is 2.28 bits per heavy atom. The van der Waals surface area contributed by atoms with Gasteiger partial charge in [-0.1, -0.05) is 0 Å². The van der Waals surface area contributed by atoms with Gasteiger partial charge in [0, 0.05) is 13.0 Å². The number of esters is 1. The first-order chi connectivity index (χ1) is 8.44. The van der Waals surface area contributed by atoms with Crippen LogP contribution >= 0.6 is 11.3 Å². The van der Waals surface area contributed by atoms with Crippen LogP contribution in [-0.4, -0.2) is 30.3 Å². The first-order valence-corrected chi connectivity index (χ1v) is 6.23. The molecule has 102 valence electrons. The Bertz CT molecular complexity index is 393. The summed E-state index contributed by atoms with van der Waals surface area (Å²) in [5.41, 5.74) is 1.56. The average molecular weight is 282 g/mol. The van der Waals surface area contributed by atoms with E-state index in [1.54, 1.807) is 6.92 Å². The van der Waals surface area contributed by atoms with Crippen LogP contribution in [0.4, 0.5) is 18.2 Å². The highest BCUT2D eigenvalue weighted by atomic mass is 32.1. The van der Waals surface area contributed by atoms with Crippen molar-refractivity contribution < 1.29 is 22.7 Å². The van der Waals surface area contributed by atoms with Gasteiger partial charge in [-0.2, -0.15) is 13.2 Å². The number of ether oxygens (including phenoxy) is 1. The lowest BCUT2D eigenvalue weighted by Crippen LogP contribution is -2.12. The van der Waals surface area contributed by atoms with E-state index < -0.39 is 18.6 Å². The third-order valence-corrected chi connectivity index (χ3v) is 2.74. The second-order valence-corrected chi connectivity index (χ2v) is 4.25. The van der Waals surface area contributed by atoms with Crippen LogP contribution in [0.2, 0.25) is 0 Å². The lowest BCUT2D eigenvalue weighted by molar-refractivity contribution is -0.134. The lowest BCUT2D eigenvalue weighted by atomic mass is 10.3. The Kier molecular flexibility index (Phi) is 5.39. The van der Waals surface area contributed by atoms with Gasteiger partial charge < -0.3 is 10.1 Å². The van der Waals surface area contributed by atoms with Gasteiger partial charge in [-0.3, -0.25) is 0 Å². The molecule has 8 heteroatoms. The van der Waals surface area contributed by atoms with Gasteiger partial charge in [0.05, 0.1) is 12.1 Å². The number of hydrogen-bond acceptors (Lipinski definition) is 5. The molecule has 4 nitrogen and oxygen atoms in total. The van der Waals surface area contributed by atoms with Crippen molar-refractivity contribution in [3.8, 4) is 0 Å². The minimum Gasteiger partial charge on any atom is -0.461 e. The van der Waals surface area contributed by atoms with E-state index in [-0.39, 0.29) is 25.3 Å². The third-order valence-electron chi connectivity index (χ3n) is 1.96. The minimum atomic E-state index is -4.15. The maximum Gasteiger partial charge on any atom is 0.389 e. The molecule has 0 radical (unpaired) electrons. The van der Waals surface area contributed by atoms with Gasteiger partial charge in [0.25, 0.3) is 0 Å². The summed E-state index contributed by atoms with van der Waals surface area (Å²) in [6, 6.07) is 0. The summed E-state index contributed by atoms with van der Waals surface area (Å²) in [6.45, 7) is 2.03. The number of carbonyl (C=O) groups excluding carboxylic acids is 1. The van der Waals surface area contributed by atoms with Crippen molar-refractivity contribution in [1.82, 2.24) is 4.98 Å². The van der Waals surface area contributed by atoms with Gasteiger partial charge in [0.15, 0.2) is 5.69 Å². The van der Waals surface area contributed by atoms with E-state index in [9.17, 15) is 18.0 Å². The monoisotopic (exact) mass is 282 g/mol. The summed E-state index contributed by atoms with van der Waals surface area (Å²) < 4.78 is 40.5. The van der Waals surface area contributed by atoms with E-state index in [1.165, 1.54) is 5.51 Å². The van der Waals surface area contributed by atoms with Crippen molar-refractivity contribution in [3.05, 3.63) is 11.2 Å². The zero-order valence-corrected chi connectivity index (χ0v) is 10.5. The highest BCUT2D eigenvalue weighted by Crippen LogP contribution is 2.23. The number of carbonyl (C=O) groups is 1. The molecule has 18 heavy (non-hydrogen) atoms. The van der Waals surface area contributed by atoms with Gasteiger partial charge in [-0.25, -0.2) is 9.78 Å². The molecule has 0 atom stereocenters. The second kappa shape index (κ2) is 6.58. The van der Waals surface area contributed by atoms with Gasteiger partial charge >= 0.3 is 12.1 Å². The minimum absolute atomic E-state index is 0.0519. The Labute approximate surface area is 106 Å². The van der Waals surface area contributed by atoms with Crippen LogP contribution in [0.5, 0.6) is 0 Å². The van der Waals surface area contributed by atoms with Crippen LogP contribution in [0.15, 0.2) is 5.51 Å². The summed E-state index contributed by atoms with van der Waals surface area (Å²) in [7, 11) is 0. The van der Waals surface area contributed by atoms with Crippen LogP contribution in [0.3, 0.4) is 0 Å². The summed E-state index contributed by atoms with van der Waals surface area (Å²) in [5.74, 6) is -0.572. The normalized spacial score (nSPS) is 11.3. The maximum atomic E-state index is 11.9. The number of nitrogens with one attached hydrogen (secondary N) is 1. The molecule has 0 aliphatic heterocycles. The van der Waals surface area contributed by atoms with Gasteiger partial charge in [0.1, 0.15) is 5.00 Å². The summed E-state index contributed by atoms with van der Waals surface area (Å²) in [4.78, 5) is 15.2. The number of thiazole rings is 1. The topological polar surface area (TPSA) is 51.2 Å². The molecular formula is C10H13F3N2O2S. The molecule has 0 spiro atoms. The number of hydrogen-bond donors (Lipinski definition) is 1. The first kappa shape index (κ1) is 14.7. The second-order valence-electron chi connectivity index (χ2n) is 3.40. The molecule has 0 aliphatic rings. The maximum absolute atomic E-state index is 11.9. The number of alkyl halides is 3. The lowest BCUT2D eigenvalue weighted by Gasteiger charge is -2.07. The van der Waals surface area contributed by atoms with Crippen molar-refractivity contribution >= 4 is 22.3 Å². The first-order valence-electron chi connectivity index (χ1n) is 5.35. The SMILES string of the molecule is CCOC(=O)c1ncsc1NCCCC(F)(F)F. The van der Waals surface area contributed by atoms with Crippen molar-refractivity contribution in [1.29, 1.82) is 0 Å². The fourth-order valence-electron chi connectivity index (χ4n) is 1.21. The fraction of sp³-hybridized carbons (Fsp3) is 0.600. The van der Waals surface area contributed by atoms with E-state index in [0.29, 0.717) is 5.00 Å². The third kappa shape index (κ3) is 4.91. The molecule has 0 aliphatic carbocycles. The largest absolute Gasteiger partial charge is 0.461 e.